The van der Waals surface area contributed by atoms with Crippen LogP contribution in [0, 0.1) is 0 Å². The maximum Gasteiger partial charge on any atom is 0.359 e. The van der Waals surface area contributed by atoms with Crippen LogP contribution in [-0.4, -0.2) is 53.7 Å². The molecular weight excluding hydrogens is 394 g/mol. The summed E-state index contributed by atoms with van der Waals surface area (Å²) in [6, 6.07) is 9.14. The Morgan fingerprint density at radius 2 is 2.00 bits per heavy atom. The molecule has 0 radical (unpaired) electrons. The number of carbonyl (C=O) groups excluding carboxylic acids is 2. The van der Waals surface area contributed by atoms with Crippen LogP contribution in [0.1, 0.15) is 41.5 Å². The van der Waals surface area contributed by atoms with Gasteiger partial charge in [-0.15, -0.1) is 0 Å². The number of amides is 1. The highest BCUT2D eigenvalue weighted by atomic mass is 32.2. The molecule has 2 aliphatic rings. The summed E-state index contributed by atoms with van der Waals surface area (Å²) in [4.78, 5) is 25.1. The van der Waals surface area contributed by atoms with Gasteiger partial charge in [0.2, 0.25) is 0 Å². The van der Waals surface area contributed by atoms with E-state index in [9.17, 15) is 18.0 Å². The third-order valence-corrected chi connectivity index (χ3v) is 7.12. The van der Waals surface area contributed by atoms with E-state index in [-0.39, 0.29) is 17.2 Å². The molecule has 29 heavy (non-hydrogen) atoms. The minimum absolute atomic E-state index is 0.0647. The van der Waals surface area contributed by atoms with Crippen LogP contribution in [0.3, 0.4) is 0 Å². The largest absolute Gasteiger partial charge is 0.448 e. The van der Waals surface area contributed by atoms with Crippen molar-refractivity contribution in [2.45, 2.75) is 44.8 Å². The number of nitrogens with one attached hydrogen (secondary N) is 1. The van der Waals surface area contributed by atoms with Gasteiger partial charge < -0.3 is 10.1 Å². The Morgan fingerprint density at radius 3 is 2.69 bits per heavy atom. The van der Waals surface area contributed by atoms with E-state index in [1.54, 1.807) is 4.68 Å². The topological polar surface area (TPSA) is 107 Å². The lowest BCUT2D eigenvalue weighted by Gasteiger charge is -2.16. The zero-order valence-electron chi connectivity index (χ0n) is 16.1. The molecule has 1 N–H and O–H groups in total. The standard InChI is InChI=1S/C20H23N3O5S/c1-13(19(24)21-14-10-11-29(26,27)12-14)28-20(25)18-16-8-5-9-17(16)23(22-18)15-6-3-2-4-7-15/h2-4,6-7,13-14H,5,8-12H2,1H3,(H,21,24)/t13-,14-/m1/s1. The molecule has 0 bridgehead atoms. The second kappa shape index (κ2) is 7.62. The number of hydrogen-bond donors (Lipinski definition) is 1. The minimum atomic E-state index is -3.10. The monoisotopic (exact) mass is 417 g/mol. The first-order chi connectivity index (χ1) is 13.8. The fraction of sp³-hybridized carbons (Fsp3) is 0.450. The van der Waals surface area contributed by atoms with Crippen LogP contribution in [0.5, 0.6) is 0 Å². The normalized spacial score (nSPS) is 20.8. The Morgan fingerprint density at radius 1 is 1.24 bits per heavy atom. The first kappa shape index (κ1) is 19.6. The molecular formula is C20H23N3O5S. The fourth-order valence-corrected chi connectivity index (χ4v) is 5.55. The molecule has 2 aromatic rings. The summed E-state index contributed by atoms with van der Waals surface area (Å²) in [7, 11) is -3.10. The number of carbonyl (C=O) groups is 2. The van der Waals surface area contributed by atoms with Gasteiger partial charge in [-0.25, -0.2) is 17.9 Å². The maximum absolute atomic E-state index is 12.7. The van der Waals surface area contributed by atoms with Gasteiger partial charge in [0.15, 0.2) is 21.6 Å². The maximum atomic E-state index is 12.7. The molecule has 154 valence electrons. The number of nitrogens with zero attached hydrogens (tertiary/aromatic N) is 2. The lowest BCUT2D eigenvalue weighted by atomic mass is 10.2. The van der Waals surface area contributed by atoms with Gasteiger partial charge in [0, 0.05) is 17.3 Å². The highest BCUT2D eigenvalue weighted by molar-refractivity contribution is 7.91. The van der Waals surface area contributed by atoms with Gasteiger partial charge in [-0.1, -0.05) is 18.2 Å². The van der Waals surface area contributed by atoms with Crippen LogP contribution in [0.15, 0.2) is 30.3 Å². The van der Waals surface area contributed by atoms with Gasteiger partial charge in [0.25, 0.3) is 5.91 Å². The lowest BCUT2D eigenvalue weighted by Crippen LogP contribution is -2.42. The summed E-state index contributed by atoms with van der Waals surface area (Å²) < 4.78 is 30.2. The van der Waals surface area contributed by atoms with Crippen molar-refractivity contribution in [2.24, 2.45) is 0 Å². The molecule has 0 unspecified atom stereocenters. The van der Waals surface area contributed by atoms with Crippen LogP contribution in [-0.2, 0) is 32.2 Å². The van der Waals surface area contributed by atoms with Crippen molar-refractivity contribution in [1.29, 1.82) is 0 Å². The lowest BCUT2D eigenvalue weighted by molar-refractivity contribution is -0.129. The van der Waals surface area contributed by atoms with Crippen LogP contribution in [0.2, 0.25) is 0 Å². The number of ether oxygens (including phenoxy) is 1. The number of fused-ring (bicyclic) bond motifs is 1. The molecule has 8 nitrogen and oxygen atoms in total. The summed E-state index contributed by atoms with van der Waals surface area (Å²) in [6.45, 7) is 1.48. The van der Waals surface area contributed by atoms with E-state index in [2.05, 4.69) is 10.4 Å². The minimum Gasteiger partial charge on any atom is -0.448 e. The molecule has 2 atom stereocenters. The third-order valence-electron chi connectivity index (χ3n) is 5.36. The fourth-order valence-electron chi connectivity index (χ4n) is 3.88. The van der Waals surface area contributed by atoms with Crippen LogP contribution in [0.25, 0.3) is 5.69 Å². The Balaban J connectivity index is 1.47. The van der Waals surface area contributed by atoms with Gasteiger partial charge in [-0.05, 0) is 44.7 Å². The first-order valence-corrected chi connectivity index (χ1v) is 11.5. The van der Waals surface area contributed by atoms with Crippen molar-refractivity contribution in [2.75, 3.05) is 11.5 Å². The van der Waals surface area contributed by atoms with Gasteiger partial charge in [0.05, 0.1) is 17.2 Å². The molecule has 0 saturated carbocycles. The summed E-state index contributed by atoms with van der Waals surface area (Å²) in [6.07, 6.45) is 1.85. The molecule has 9 heteroatoms. The Hall–Kier alpha value is -2.68. The van der Waals surface area contributed by atoms with E-state index in [0.29, 0.717) is 6.42 Å². The third kappa shape index (κ3) is 4.05. The van der Waals surface area contributed by atoms with Crippen LogP contribution < -0.4 is 5.32 Å². The molecule has 1 aromatic carbocycles. The van der Waals surface area contributed by atoms with E-state index >= 15 is 0 Å². The molecule has 1 fully saturated rings. The number of benzene rings is 1. The summed E-state index contributed by atoms with van der Waals surface area (Å²) >= 11 is 0. The van der Waals surface area contributed by atoms with E-state index in [4.69, 9.17) is 4.74 Å². The SMILES string of the molecule is C[C@@H](OC(=O)c1nn(-c2ccccc2)c2c1CCC2)C(=O)N[C@@H]1CCS(=O)(=O)C1. The van der Waals surface area contributed by atoms with E-state index in [1.165, 1.54) is 6.92 Å². The Kier molecular flexibility index (Phi) is 5.16. The van der Waals surface area contributed by atoms with Crippen LogP contribution in [0.4, 0.5) is 0 Å². The van der Waals surface area contributed by atoms with E-state index in [0.717, 1.165) is 36.2 Å². The van der Waals surface area contributed by atoms with Crippen molar-refractivity contribution >= 4 is 21.7 Å². The van der Waals surface area contributed by atoms with Gasteiger partial charge in [0.1, 0.15) is 0 Å². The number of para-hydroxylation sites is 1. The Labute approximate surface area is 169 Å². The smallest absolute Gasteiger partial charge is 0.359 e. The van der Waals surface area contributed by atoms with Gasteiger partial charge in [-0.3, -0.25) is 4.79 Å². The number of aromatic nitrogens is 2. The molecule has 1 aliphatic heterocycles. The highest BCUT2D eigenvalue weighted by Crippen LogP contribution is 2.28. The van der Waals surface area contributed by atoms with E-state index < -0.39 is 33.9 Å². The predicted octanol–water partition coefficient (Wildman–Crippen LogP) is 1.21. The predicted molar refractivity (Wildman–Crippen MR) is 106 cm³/mol. The number of hydrogen-bond acceptors (Lipinski definition) is 6. The Bertz CT molecular complexity index is 1050. The molecule has 1 aromatic heterocycles. The average molecular weight is 417 g/mol. The number of esters is 1. The molecule has 1 amide bonds. The van der Waals surface area contributed by atoms with Crippen molar-refractivity contribution in [3.63, 3.8) is 0 Å². The number of rotatable bonds is 5. The zero-order valence-corrected chi connectivity index (χ0v) is 16.9. The number of sulfone groups is 1. The molecule has 4 rings (SSSR count). The van der Waals surface area contributed by atoms with Crippen molar-refractivity contribution in [1.82, 2.24) is 15.1 Å². The second-order valence-electron chi connectivity index (χ2n) is 7.53. The first-order valence-electron chi connectivity index (χ1n) is 9.72. The summed E-state index contributed by atoms with van der Waals surface area (Å²) in [5.41, 5.74) is 2.98. The van der Waals surface area contributed by atoms with Gasteiger partial charge >= 0.3 is 5.97 Å². The summed E-state index contributed by atoms with van der Waals surface area (Å²) in [5.74, 6) is -1.15. The molecule has 1 saturated heterocycles. The second-order valence-corrected chi connectivity index (χ2v) is 9.76. The quantitative estimate of drug-likeness (QED) is 0.733. The summed E-state index contributed by atoms with van der Waals surface area (Å²) in [5, 5.41) is 7.12. The van der Waals surface area contributed by atoms with Crippen LogP contribution >= 0.6 is 0 Å². The van der Waals surface area contributed by atoms with Gasteiger partial charge in [-0.2, -0.15) is 5.10 Å². The van der Waals surface area contributed by atoms with E-state index in [1.807, 2.05) is 30.3 Å². The van der Waals surface area contributed by atoms with Crippen molar-refractivity contribution in [3.05, 3.63) is 47.3 Å². The van der Waals surface area contributed by atoms with Crippen molar-refractivity contribution in [3.8, 4) is 5.69 Å². The highest BCUT2D eigenvalue weighted by Gasteiger charge is 2.32. The molecule has 1 aliphatic carbocycles. The molecule has 2 heterocycles. The molecule has 0 spiro atoms. The zero-order chi connectivity index (χ0) is 20.6. The average Bonchev–Trinajstić information content (AvgIpc) is 3.37. The van der Waals surface area contributed by atoms with Crippen molar-refractivity contribution < 1.29 is 22.7 Å².